The fourth-order valence-corrected chi connectivity index (χ4v) is 3.73. The Balaban J connectivity index is 2.02. The molecule has 0 saturated carbocycles. The highest BCUT2D eigenvalue weighted by Crippen LogP contribution is 2.24. The molecule has 0 aliphatic rings. The van der Waals surface area contributed by atoms with Crippen LogP contribution in [-0.2, 0) is 17.1 Å². The molecule has 8 heteroatoms. The van der Waals surface area contributed by atoms with E-state index in [1.165, 1.54) is 12.1 Å². The molecular weight excluding hydrogens is 365 g/mol. The van der Waals surface area contributed by atoms with Gasteiger partial charge in [0.25, 0.3) is 0 Å². The molecule has 2 aromatic carbocycles. The molecule has 0 amide bonds. The van der Waals surface area contributed by atoms with Gasteiger partial charge in [0.2, 0.25) is 10.0 Å². The fraction of sp³-hybridized carbons (Fsp3) is 0.118. The Morgan fingerprint density at radius 2 is 1.76 bits per heavy atom. The van der Waals surface area contributed by atoms with Crippen molar-refractivity contribution in [3.8, 4) is 0 Å². The third kappa shape index (κ3) is 3.89. The molecule has 1 unspecified atom stereocenters. The van der Waals surface area contributed by atoms with Crippen LogP contribution in [0.25, 0.3) is 0 Å². The summed E-state index contributed by atoms with van der Waals surface area (Å²) in [5.41, 5.74) is 0.685. The number of nitrogens with one attached hydrogen (secondary N) is 1. The zero-order valence-electron chi connectivity index (χ0n) is 13.2. The number of hydrogen-bond acceptors (Lipinski definition) is 3. The van der Waals surface area contributed by atoms with E-state index in [0.29, 0.717) is 16.4 Å². The van der Waals surface area contributed by atoms with E-state index >= 15 is 0 Å². The van der Waals surface area contributed by atoms with Gasteiger partial charge in [-0.15, -0.1) is 0 Å². The maximum absolute atomic E-state index is 13.1. The van der Waals surface area contributed by atoms with E-state index in [1.54, 1.807) is 48.3 Å². The quantitative estimate of drug-likeness (QED) is 0.739. The van der Waals surface area contributed by atoms with Crippen LogP contribution in [0.4, 0.5) is 4.39 Å². The normalized spacial score (nSPS) is 12.9. The molecule has 1 atom stereocenters. The molecule has 1 aromatic heterocycles. The van der Waals surface area contributed by atoms with E-state index in [-0.39, 0.29) is 4.90 Å². The average molecular weight is 380 g/mol. The molecule has 3 aromatic rings. The standard InChI is InChI=1S/C17H15ClFN3O2S/c1-22-11-10-20-17(22)16(12-2-4-13(18)5-3-12)21-25(23,24)15-8-6-14(19)7-9-15/h2-11,16,21H,1H3. The third-order valence-corrected chi connectivity index (χ3v) is 5.41. The monoisotopic (exact) mass is 379 g/mol. The Hall–Kier alpha value is -2.22. The average Bonchev–Trinajstić information content (AvgIpc) is 3.00. The van der Waals surface area contributed by atoms with Crippen LogP contribution in [0.2, 0.25) is 5.02 Å². The number of imidazole rings is 1. The van der Waals surface area contributed by atoms with Crippen molar-refractivity contribution >= 4 is 21.6 Å². The zero-order chi connectivity index (χ0) is 18.0. The van der Waals surface area contributed by atoms with Crippen molar-refractivity contribution in [1.82, 2.24) is 14.3 Å². The number of hydrogen-bond donors (Lipinski definition) is 1. The first kappa shape index (κ1) is 17.6. The first-order valence-corrected chi connectivity index (χ1v) is 9.23. The molecule has 0 spiro atoms. The number of aryl methyl sites for hydroxylation is 1. The van der Waals surface area contributed by atoms with Gasteiger partial charge in [-0.25, -0.2) is 17.8 Å². The molecule has 0 fully saturated rings. The van der Waals surface area contributed by atoms with Gasteiger partial charge in [0.05, 0.1) is 4.90 Å². The summed E-state index contributed by atoms with van der Waals surface area (Å²) in [7, 11) is -2.11. The van der Waals surface area contributed by atoms with E-state index in [1.807, 2.05) is 0 Å². The van der Waals surface area contributed by atoms with Gasteiger partial charge in [-0.05, 0) is 42.0 Å². The second-order valence-corrected chi connectivity index (χ2v) is 7.61. The number of nitrogens with zero attached hydrogens (tertiary/aromatic N) is 2. The van der Waals surface area contributed by atoms with Crippen LogP contribution in [0, 0.1) is 5.82 Å². The van der Waals surface area contributed by atoms with Gasteiger partial charge in [0.1, 0.15) is 17.7 Å². The van der Waals surface area contributed by atoms with Crippen molar-refractivity contribution in [1.29, 1.82) is 0 Å². The highest BCUT2D eigenvalue weighted by Gasteiger charge is 2.25. The SMILES string of the molecule is Cn1ccnc1C(NS(=O)(=O)c1ccc(F)cc1)c1ccc(Cl)cc1. The van der Waals surface area contributed by atoms with Crippen molar-refractivity contribution < 1.29 is 12.8 Å². The van der Waals surface area contributed by atoms with E-state index < -0.39 is 21.9 Å². The second-order valence-electron chi connectivity index (χ2n) is 5.46. The van der Waals surface area contributed by atoms with Gasteiger partial charge < -0.3 is 4.57 Å². The van der Waals surface area contributed by atoms with Gasteiger partial charge in [0.15, 0.2) is 0 Å². The van der Waals surface area contributed by atoms with E-state index in [0.717, 1.165) is 12.1 Å². The summed E-state index contributed by atoms with van der Waals surface area (Å²) >= 11 is 5.92. The topological polar surface area (TPSA) is 64.0 Å². The number of benzene rings is 2. The fourth-order valence-electron chi connectivity index (χ4n) is 2.42. The molecule has 3 rings (SSSR count). The smallest absolute Gasteiger partial charge is 0.241 e. The first-order chi connectivity index (χ1) is 11.9. The summed E-state index contributed by atoms with van der Waals surface area (Å²) in [5.74, 6) is 0.0188. The van der Waals surface area contributed by atoms with Gasteiger partial charge in [-0.1, -0.05) is 23.7 Å². The van der Waals surface area contributed by atoms with Crippen LogP contribution in [0.3, 0.4) is 0 Å². The third-order valence-electron chi connectivity index (χ3n) is 3.72. The molecule has 0 bridgehead atoms. The lowest BCUT2D eigenvalue weighted by Crippen LogP contribution is -2.31. The van der Waals surface area contributed by atoms with Crippen molar-refractivity contribution in [3.05, 3.63) is 83.2 Å². The molecule has 0 radical (unpaired) electrons. The maximum Gasteiger partial charge on any atom is 0.241 e. The summed E-state index contributed by atoms with van der Waals surface area (Å²) < 4.78 is 42.8. The van der Waals surface area contributed by atoms with Crippen LogP contribution >= 0.6 is 11.6 Å². The minimum atomic E-state index is -3.88. The Bertz CT molecular complexity index is 970. The predicted molar refractivity (Wildman–Crippen MR) is 93.2 cm³/mol. The minimum absolute atomic E-state index is 0.0259. The predicted octanol–water partition coefficient (Wildman–Crippen LogP) is 3.28. The van der Waals surface area contributed by atoms with Crippen molar-refractivity contribution in [2.45, 2.75) is 10.9 Å². The lowest BCUT2D eigenvalue weighted by atomic mass is 10.1. The largest absolute Gasteiger partial charge is 0.336 e. The Kier molecular flexibility index (Phi) is 4.89. The highest BCUT2D eigenvalue weighted by atomic mass is 35.5. The van der Waals surface area contributed by atoms with Crippen LogP contribution < -0.4 is 4.72 Å². The summed E-state index contributed by atoms with van der Waals surface area (Å²) in [5, 5.41) is 0.545. The van der Waals surface area contributed by atoms with Crippen LogP contribution in [0.5, 0.6) is 0 Å². The number of sulfonamides is 1. The molecule has 0 aliphatic heterocycles. The minimum Gasteiger partial charge on any atom is -0.336 e. The molecule has 25 heavy (non-hydrogen) atoms. The van der Waals surface area contributed by atoms with Gasteiger partial charge in [0, 0.05) is 24.5 Å². The van der Waals surface area contributed by atoms with Crippen molar-refractivity contribution in [2.75, 3.05) is 0 Å². The lowest BCUT2D eigenvalue weighted by molar-refractivity contribution is 0.562. The lowest BCUT2D eigenvalue weighted by Gasteiger charge is -2.19. The maximum atomic E-state index is 13.1. The van der Waals surface area contributed by atoms with Gasteiger partial charge in [-0.2, -0.15) is 4.72 Å². The molecule has 0 saturated heterocycles. The summed E-state index contributed by atoms with van der Waals surface area (Å²) in [4.78, 5) is 4.22. The molecule has 1 heterocycles. The van der Waals surface area contributed by atoms with Crippen LogP contribution in [0.1, 0.15) is 17.4 Å². The Morgan fingerprint density at radius 3 is 2.32 bits per heavy atom. The van der Waals surface area contributed by atoms with Gasteiger partial charge >= 0.3 is 0 Å². The molecule has 5 nitrogen and oxygen atoms in total. The number of rotatable bonds is 5. The highest BCUT2D eigenvalue weighted by molar-refractivity contribution is 7.89. The summed E-state index contributed by atoms with van der Waals surface area (Å²) in [6.07, 6.45) is 3.31. The van der Waals surface area contributed by atoms with E-state index in [9.17, 15) is 12.8 Å². The van der Waals surface area contributed by atoms with Crippen LogP contribution in [0.15, 0.2) is 65.8 Å². The number of halogens is 2. The second kappa shape index (κ2) is 6.95. The van der Waals surface area contributed by atoms with E-state index in [2.05, 4.69) is 9.71 Å². The van der Waals surface area contributed by atoms with Gasteiger partial charge in [-0.3, -0.25) is 0 Å². The molecule has 130 valence electrons. The molecule has 1 N–H and O–H groups in total. The molecule has 0 aliphatic carbocycles. The zero-order valence-corrected chi connectivity index (χ0v) is 14.8. The Morgan fingerprint density at radius 1 is 1.12 bits per heavy atom. The van der Waals surface area contributed by atoms with Crippen molar-refractivity contribution in [3.63, 3.8) is 0 Å². The summed E-state index contributed by atoms with van der Waals surface area (Å²) in [6.45, 7) is 0. The van der Waals surface area contributed by atoms with E-state index in [4.69, 9.17) is 11.6 Å². The Labute approximate surface area is 150 Å². The van der Waals surface area contributed by atoms with Crippen molar-refractivity contribution in [2.24, 2.45) is 7.05 Å². The summed E-state index contributed by atoms with van der Waals surface area (Å²) in [6, 6.07) is 10.7. The van der Waals surface area contributed by atoms with Crippen LogP contribution in [-0.4, -0.2) is 18.0 Å². The first-order valence-electron chi connectivity index (χ1n) is 7.37. The number of aromatic nitrogens is 2. The molecular formula is C17H15ClFN3O2S.